The van der Waals surface area contributed by atoms with Gasteiger partial charge in [-0.15, -0.1) is 0 Å². The molecule has 1 atom stereocenters. The Hall–Kier alpha value is -1.85. The topological polar surface area (TPSA) is 59.6 Å². The Labute approximate surface area is 149 Å². The number of aliphatic hydroxyl groups is 1. The first-order chi connectivity index (χ1) is 11.8. The van der Waals surface area contributed by atoms with E-state index in [1.165, 1.54) is 5.56 Å². The maximum absolute atomic E-state index is 13.1. The molecule has 0 aliphatic carbocycles. The minimum absolute atomic E-state index is 0.0421. The van der Waals surface area contributed by atoms with Crippen molar-refractivity contribution >= 4 is 16.8 Å². The predicted molar refractivity (Wildman–Crippen MR) is 101 cm³/mol. The number of benzene rings is 1. The first kappa shape index (κ1) is 18.0. The average molecular weight is 343 g/mol. The summed E-state index contributed by atoms with van der Waals surface area (Å²) in [6.07, 6.45) is 2.18. The lowest BCUT2D eigenvalue weighted by molar-refractivity contribution is 0.00303. The molecule has 1 aliphatic rings. The van der Waals surface area contributed by atoms with Gasteiger partial charge in [-0.05, 0) is 64.9 Å². The van der Waals surface area contributed by atoms with E-state index in [-0.39, 0.29) is 5.91 Å². The normalized spacial score (nSPS) is 21.8. The van der Waals surface area contributed by atoms with Gasteiger partial charge in [0.25, 0.3) is 5.91 Å². The summed E-state index contributed by atoms with van der Waals surface area (Å²) in [5.41, 5.74) is 3.18. The zero-order valence-electron chi connectivity index (χ0n) is 15.7. The molecule has 1 amide bonds. The van der Waals surface area contributed by atoms with E-state index in [0.717, 1.165) is 29.3 Å². The Morgan fingerprint density at radius 2 is 2.04 bits per heavy atom. The molecule has 2 heterocycles. The molecule has 25 heavy (non-hydrogen) atoms. The van der Waals surface area contributed by atoms with E-state index in [0.29, 0.717) is 31.7 Å². The molecule has 1 saturated heterocycles. The van der Waals surface area contributed by atoms with Crippen molar-refractivity contribution in [1.82, 2.24) is 14.8 Å². The Morgan fingerprint density at radius 3 is 2.76 bits per heavy atom. The lowest BCUT2D eigenvalue weighted by Gasteiger charge is -2.29. The number of hydrogen-bond acceptors (Lipinski definition) is 3. The highest BCUT2D eigenvalue weighted by Crippen LogP contribution is 2.27. The molecule has 0 radical (unpaired) electrons. The second-order valence-corrected chi connectivity index (χ2v) is 7.78. The van der Waals surface area contributed by atoms with E-state index in [1.54, 1.807) is 0 Å². The van der Waals surface area contributed by atoms with Gasteiger partial charge in [0, 0.05) is 30.5 Å². The number of carbonyl (C=O) groups is 1. The molecule has 5 nitrogen and oxygen atoms in total. The number of aromatic amines is 1. The van der Waals surface area contributed by atoms with Gasteiger partial charge >= 0.3 is 0 Å². The van der Waals surface area contributed by atoms with Crippen molar-refractivity contribution in [3.05, 3.63) is 35.0 Å². The van der Waals surface area contributed by atoms with Crippen LogP contribution in [-0.4, -0.2) is 65.1 Å². The van der Waals surface area contributed by atoms with E-state index in [2.05, 4.69) is 24.0 Å². The number of amides is 1. The Bertz CT molecular complexity index is 781. The summed E-state index contributed by atoms with van der Waals surface area (Å²) in [6, 6.07) is 6.21. The third-order valence-corrected chi connectivity index (χ3v) is 5.24. The largest absolute Gasteiger partial charge is 0.388 e. The summed E-state index contributed by atoms with van der Waals surface area (Å²) in [5.74, 6) is 0.0421. The first-order valence-electron chi connectivity index (χ1n) is 9.04. The summed E-state index contributed by atoms with van der Waals surface area (Å²) < 4.78 is 0. The molecule has 136 valence electrons. The van der Waals surface area contributed by atoms with Gasteiger partial charge in [-0.3, -0.25) is 4.79 Å². The maximum atomic E-state index is 13.1. The maximum Gasteiger partial charge on any atom is 0.270 e. The number of nitrogens with zero attached hydrogens (tertiary/aromatic N) is 2. The van der Waals surface area contributed by atoms with E-state index < -0.39 is 5.60 Å². The van der Waals surface area contributed by atoms with Crippen molar-refractivity contribution in [3.8, 4) is 0 Å². The highest BCUT2D eigenvalue weighted by molar-refractivity contribution is 6.01. The van der Waals surface area contributed by atoms with Crippen molar-refractivity contribution < 1.29 is 9.90 Å². The molecule has 0 bridgehead atoms. The van der Waals surface area contributed by atoms with E-state index >= 15 is 0 Å². The van der Waals surface area contributed by atoms with Crippen molar-refractivity contribution in [2.45, 2.75) is 38.7 Å². The molecule has 3 rings (SSSR count). The van der Waals surface area contributed by atoms with Gasteiger partial charge in [0.05, 0.1) is 5.60 Å². The third kappa shape index (κ3) is 3.72. The molecule has 1 unspecified atom stereocenters. The van der Waals surface area contributed by atoms with Crippen molar-refractivity contribution in [1.29, 1.82) is 0 Å². The van der Waals surface area contributed by atoms with Crippen LogP contribution in [0, 0.1) is 13.8 Å². The molecule has 1 aliphatic heterocycles. The van der Waals surface area contributed by atoms with Crippen LogP contribution in [0.25, 0.3) is 10.9 Å². The van der Waals surface area contributed by atoms with Gasteiger partial charge in [0.2, 0.25) is 0 Å². The monoisotopic (exact) mass is 343 g/mol. The molecule has 1 aromatic heterocycles. The summed E-state index contributed by atoms with van der Waals surface area (Å²) in [5, 5.41) is 11.9. The number of rotatable bonds is 3. The van der Waals surface area contributed by atoms with Crippen LogP contribution in [0.4, 0.5) is 0 Å². The van der Waals surface area contributed by atoms with Crippen LogP contribution in [0.3, 0.4) is 0 Å². The SMILES string of the molecule is Cc1ccc2[nH]c(C(=O)N3CCCC(O)(CN(C)C)CC3)c(C)c2c1. The summed E-state index contributed by atoms with van der Waals surface area (Å²) in [6.45, 7) is 6.00. The molecule has 0 spiro atoms. The number of carbonyl (C=O) groups excluding carboxylic acids is 1. The number of aromatic nitrogens is 1. The minimum Gasteiger partial charge on any atom is -0.388 e. The van der Waals surface area contributed by atoms with Crippen LogP contribution >= 0.6 is 0 Å². The van der Waals surface area contributed by atoms with Crippen molar-refractivity contribution in [2.24, 2.45) is 0 Å². The lowest BCUT2D eigenvalue weighted by atomic mass is 9.94. The fourth-order valence-corrected chi connectivity index (χ4v) is 3.94. The second kappa shape index (κ2) is 6.81. The van der Waals surface area contributed by atoms with Crippen LogP contribution in [0.15, 0.2) is 18.2 Å². The van der Waals surface area contributed by atoms with Crippen LogP contribution in [-0.2, 0) is 0 Å². The van der Waals surface area contributed by atoms with Crippen LogP contribution in [0.1, 0.15) is 40.9 Å². The Morgan fingerprint density at radius 1 is 1.28 bits per heavy atom. The molecule has 1 aromatic carbocycles. The summed E-state index contributed by atoms with van der Waals surface area (Å²) in [7, 11) is 3.95. The fraction of sp³-hybridized carbons (Fsp3) is 0.550. The number of H-pyrrole nitrogens is 1. The minimum atomic E-state index is -0.703. The first-order valence-corrected chi connectivity index (χ1v) is 9.04. The molecular weight excluding hydrogens is 314 g/mol. The Balaban J connectivity index is 1.81. The zero-order chi connectivity index (χ0) is 18.2. The summed E-state index contributed by atoms with van der Waals surface area (Å²) >= 11 is 0. The highest BCUT2D eigenvalue weighted by atomic mass is 16.3. The Kier molecular flexibility index (Phi) is 4.89. The van der Waals surface area contributed by atoms with E-state index in [1.807, 2.05) is 36.9 Å². The van der Waals surface area contributed by atoms with Gasteiger partial charge in [-0.1, -0.05) is 11.6 Å². The molecule has 2 N–H and O–H groups in total. The molecule has 2 aromatic rings. The van der Waals surface area contributed by atoms with Crippen LogP contribution in [0.5, 0.6) is 0 Å². The summed E-state index contributed by atoms with van der Waals surface area (Å²) in [4.78, 5) is 20.3. The molecule has 5 heteroatoms. The van der Waals surface area contributed by atoms with Gasteiger partial charge in [0.1, 0.15) is 5.69 Å². The number of likely N-dealkylation sites (tertiary alicyclic amines) is 1. The number of likely N-dealkylation sites (N-methyl/N-ethyl adjacent to an activating group) is 1. The average Bonchev–Trinajstić information content (AvgIpc) is 2.73. The molecule has 1 fully saturated rings. The fourth-order valence-electron chi connectivity index (χ4n) is 3.94. The second-order valence-electron chi connectivity index (χ2n) is 7.78. The number of hydrogen-bond donors (Lipinski definition) is 2. The van der Waals surface area contributed by atoms with E-state index in [9.17, 15) is 9.90 Å². The van der Waals surface area contributed by atoms with E-state index in [4.69, 9.17) is 0 Å². The van der Waals surface area contributed by atoms with Crippen molar-refractivity contribution in [2.75, 3.05) is 33.7 Å². The van der Waals surface area contributed by atoms with Crippen LogP contribution in [0.2, 0.25) is 0 Å². The van der Waals surface area contributed by atoms with Gasteiger partial charge < -0.3 is 19.9 Å². The van der Waals surface area contributed by atoms with Crippen molar-refractivity contribution in [3.63, 3.8) is 0 Å². The number of nitrogens with one attached hydrogen (secondary N) is 1. The lowest BCUT2D eigenvalue weighted by Crippen LogP contribution is -2.41. The number of fused-ring (bicyclic) bond motifs is 1. The number of aryl methyl sites for hydroxylation is 2. The third-order valence-electron chi connectivity index (χ3n) is 5.24. The standard InChI is InChI=1S/C20H29N3O2/c1-14-6-7-17-16(12-14)15(2)18(21-17)19(24)23-10-5-8-20(25,9-11-23)13-22(3)4/h6-7,12,21,25H,5,8-11,13H2,1-4H3. The highest BCUT2D eigenvalue weighted by Gasteiger charge is 2.32. The zero-order valence-corrected chi connectivity index (χ0v) is 15.7. The molecule has 0 saturated carbocycles. The predicted octanol–water partition coefficient (Wildman–Crippen LogP) is 2.70. The van der Waals surface area contributed by atoms with Gasteiger partial charge in [-0.2, -0.15) is 0 Å². The van der Waals surface area contributed by atoms with Gasteiger partial charge in [-0.25, -0.2) is 0 Å². The van der Waals surface area contributed by atoms with Gasteiger partial charge in [0.15, 0.2) is 0 Å². The smallest absolute Gasteiger partial charge is 0.270 e. The molecular formula is C20H29N3O2. The van der Waals surface area contributed by atoms with Crippen LogP contribution < -0.4 is 0 Å². The quantitative estimate of drug-likeness (QED) is 0.901.